The molecule has 0 spiro atoms. The Morgan fingerprint density at radius 1 is 1.07 bits per heavy atom. The Bertz CT molecular complexity index is 699. The molecule has 9 nitrogen and oxygen atoms in total. The third kappa shape index (κ3) is 11.4. The van der Waals surface area contributed by atoms with Crippen LogP contribution in [-0.4, -0.2) is 47.2 Å². The van der Waals surface area contributed by atoms with Gasteiger partial charge in [-0.3, -0.25) is 9.59 Å². The fourth-order valence-electron chi connectivity index (χ4n) is 2.23. The molecular formula is C20H28N2O7. The molecule has 0 bridgehead atoms. The number of hydrogen-bond acceptors (Lipinski definition) is 6. The van der Waals surface area contributed by atoms with Crippen molar-refractivity contribution in [1.82, 2.24) is 10.6 Å². The number of rotatable bonds is 10. The minimum atomic E-state index is -1.25. The van der Waals surface area contributed by atoms with Gasteiger partial charge in [-0.05, 0) is 32.8 Å². The number of aliphatic carboxylic acids is 1. The molecule has 0 saturated heterocycles. The van der Waals surface area contributed by atoms with E-state index in [1.165, 1.54) is 0 Å². The van der Waals surface area contributed by atoms with Gasteiger partial charge in [0.1, 0.15) is 18.2 Å². The molecule has 0 heterocycles. The molecular weight excluding hydrogens is 380 g/mol. The molecule has 29 heavy (non-hydrogen) atoms. The van der Waals surface area contributed by atoms with Gasteiger partial charge in [0.15, 0.2) is 0 Å². The maximum absolute atomic E-state index is 11.9. The third-order valence-electron chi connectivity index (χ3n) is 3.52. The summed E-state index contributed by atoms with van der Waals surface area (Å²) in [5.41, 5.74) is 0.162. The number of carboxylic acids is 1. The van der Waals surface area contributed by atoms with Crippen LogP contribution in [-0.2, 0) is 30.5 Å². The average Bonchev–Trinajstić information content (AvgIpc) is 2.62. The lowest BCUT2D eigenvalue weighted by molar-refractivity contribution is -0.155. The zero-order chi connectivity index (χ0) is 21.9. The van der Waals surface area contributed by atoms with E-state index in [1.54, 1.807) is 20.8 Å². The van der Waals surface area contributed by atoms with Gasteiger partial charge in [-0.2, -0.15) is 0 Å². The second-order valence-electron chi connectivity index (χ2n) is 7.32. The van der Waals surface area contributed by atoms with Gasteiger partial charge < -0.3 is 25.2 Å². The van der Waals surface area contributed by atoms with Crippen LogP contribution in [0, 0.1) is 0 Å². The van der Waals surface area contributed by atoms with Gasteiger partial charge in [0.05, 0.1) is 0 Å². The maximum atomic E-state index is 11.9. The summed E-state index contributed by atoms with van der Waals surface area (Å²) >= 11 is 0. The first kappa shape index (κ1) is 23.9. The molecule has 3 N–H and O–H groups in total. The van der Waals surface area contributed by atoms with Crippen molar-refractivity contribution in [3.63, 3.8) is 0 Å². The van der Waals surface area contributed by atoms with Crippen molar-refractivity contribution in [2.45, 2.75) is 58.3 Å². The number of ether oxygens (including phenoxy) is 2. The van der Waals surface area contributed by atoms with Gasteiger partial charge in [-0.1, -0.05) is 30.3 Å². The molecule has 1 rings (SSSR count). The highest BCUT2D eigenvalue weighted by Crippen LogP contribution is 2.10. The molecule has 0 aromatic heterocycles. The molecule has 0 radical (unpaired) electrons. The Morgan fingerprint density at radius 3 is 2.31 bits per heavy atom. The van der Waals surface area contributed by atoms with Crippen LogP contribution < -0.4 is 10.6 Å². The molecule has 1 atom stereocenters. The second kappa shape index (κ2) is 11.7. The highest BCUT2D eigenvalue weighted by Gasteiger charge is 2.23. The number of carbonyl (C=O) groups excluding carboxylic acids is 3. The largest absolute Gasteiger partial charge is 0.480 e. The number of alkyl carbamates (subject to hydrolysis) is 1. The molecule has 1 aromatic rings. The van der Waals surface area contributed by atoms with E-state index in [4.69, 9.17) is 9.47 Å². The number of nitrogens with one attached hydrogen (secondary N) is 2. The molecule has 9 heteroatoms. The molecule has 0 aliphatic heterocycles. The zero-order valence-electron chi connectivity index (χ0n) is 16.9. The van der Waals surface area contributed by atoms with E-state index in [0.29, 0.717) is 0 Å². The highest BCUT2D eigenvalue weighted by atomic mass is 16.6. The van der Waals surface area contributed by atoms with E-state index in [0.717, 1.165) is 5.56 Å². The van der Waals surface area contributed by atoms with Crippen molar-refractivity contribution < 1.29 is 33.8 Å². The SMILES string of the molecule is CC(C)(C)OC(=O)CC[C@H](NC(=O)CCNC(=O)OCc1ccccc1)C(=O)O. The summed E-state index contributed by atoms with van der Waals surface area (Å²) in [6.45, 7) is 5.21. The number of benzene rings is 1. The molecule has 2 amide bonds. The Balaban J connectivity index is 2.30. The Labute approximate surface area is 169 Å². The summed E-state index contributed by atoms with van der Waals surface area (Å²) in [5.74, 6) is -2.36. The molecule has 160 valence electrons. The Hall–Kier alpha value is -3.10. The first-order valence-corrected chi connectivity index (χ1v) is 9.25. The van der Waals surface area contributed by atoms with E-state index in [9.17, 15) is 24.3 Å². The van der Waals surface area contributed by atoms with Crippen molar-refractivity contribution in [2.24, 2.45) is 0 Å². The van der Waals surface area contributed by atoms with Crippen LogP contribution in [0.4, 0.5) is 4.79 Å². The summed E-state index contributed by atoms with van der Waals surface area (Å²) < 4.78 is 10.1. The number of carboxylic acid groups (broad SMARTS) is 1. The van der Waals surface area contributed by atoms with Crippen molar-refractivity contribution in [1.29, 1.82) is 0 Å². The number of amides is 2. The predicted molar refractivity (Wildman–Crippen MR) is 104 cm³/mol. The van der Waals surface area contributed by atoms with Gasteiger partial charge in [0.2, 0.25) is 5.91 Å². The fraction of sp³-hybridized carbons (Fsp3) is 0.500. The smallest absolute Gasteiger partial charge is 0.407 e. The van der Waals surface area contributed by atoms with E-state index in [1.807, 2.05) is 30.3 Å². The monoisotopic (exact) mass is 408 g/mol. The zero-order valence-corrected chi connectivity index (χ0v) is 16.9. The third-order valence-corrected chi connectivity index (χ3v) is 3.52. The summed E-state index contributed by atoms with van der Waals surface area (Å²) in [4.78, 5) is 46.5. The van der Waals surface area contributed by atoms with E-state index < -0.39 is 35.6 Å². The minimum Gasteiger partial charge on any atom is -0.480 e. The van der Waals surface area contributed by atoms with Crippen LogP contribution >= 0.6 is 0 Å². The highest BCUT2D eigenvalue weighted by molar-refractivity contribution is 5.84. The number of carbonyl (C=O) groups is 4. The van der Waals surface area contributed by atoms with Crippen molar-refractivity contribution >= 4 is 23.9 Å². The topological polar surface area (TPSA) is 131 Å². The predicted octanol–water partition coefficient (Wildman–Crippen LogP) is 1.99. The standard InChI is InChI=1S/C20H28N2O7/c1-20(2,3)29-17(24)10-9-15(18(25)26)22-16(23)11-12-21-19(27)28-13-14-7-5-4-6-8-14/h4-8,15H,9-13H2,1-3H3,(H,21,27)(H,22,23)(H,25,26)/t15-/m0/s1. The van der Waals surface area contributed by atoms with Gasteiger partial charge in [0, 0.05) is 19.4 Å². The first-order chi connectivity index (χ1) is 13.6. The lowest BCUT2D eigenvalue weighted by Crippen LogP contribution is -2.42. The van der Waals surface area contributed by atoms with E-state index >= 15 is 0 Å². The lowest BCUT2D eigenvalue weighted by atomic mass is 10.1. The van der Waals surface area contributed by atoms with Crippen LogP contribution in [0.1, 0.15) is 45.6 Å². The molecule has 0 unspecified atom stereocenters. The van der Waals surface area contributed by atoms with Gasteiger partial charge in [0.25, 0.3) is 0 Å². The van der Waals surface area contributed by atoms with Gasteiger partial charge >= 0.3 is 18.0 Å². The minimum absolute atomic E-state index is 0.0160. The van der Waals surface area contributed by atoms with Crippen LogP contribution in [0.25, 0.3) is 0 Å². The summed E-state index contributed by atoms with van der Waals surface area (Å²) in [6.07, 6.45) is -1.04. The first-order valence-electron chi connectivity index (χ1n) is 9.25. The molecule has 0 saturated carbocycles. The van der Waals surface area contributed by atoms with Crippen molar-refractivity contribution in [3.05, 3.63) is 35.9 Å². The van der Waals surface area contributed by atoms with Crippen LogP contribution in [0.5, 0.6) is 0 Å². The van der Waals surface area contributed by atoms with Crippen LogP contribution in [0.2, 0.25) is 0 Å². The van der Waals surface area contributed by atoms with Crippen molar-refractivity contribution in [3.8, 4) is 0 Å². The summed E-state index contributed by atoms with van der Waals surface area (Å²) in [5, 5.41) is 13.9. The molecule has 0 aliphatic rings. The Kier molecular flexibility index (Phi) is 9.64. The van der Waals surface area contributed by atoms with Gasteiger partial charge in [-0.15, -0.1) is 0 Å². The normalized spacial score (nSPS) is 11.8. The van der Waals surface area contributed by atoms with Crippen LogP contribution in [0.15, 0.2) is 30.3 Å². The van der Waals surface area contributed by atoms with E-state index in [2.05, 4.69) is 10.6 Å². The lowest BCUT2D eigenvalue weighted by Gasteiger charge is -2.20. The molecule has 0 aliphatic carbocycles. The maximum Gasteiger partial charge on any atom is 0.407 e. The number of esters is 1. The molecule has 0 fully saturated rings. The molecule has 1 aromatic carbocycles. The average molecular weight is 408 g/mol. The fourth-order valence-corrected chi connectivity index (χ4v) is 2.23. The van der Waals surface area contributed by atoms with E-state index in [-0.39, 0.29) is 32.4 Å². The quantitative estimate of drug-likeness (QED) is 0.505. The van der Waals surface area contributed by atoms with Gasteiger partial charge in [-0.25, -0.2) is 9.59 Å². The number of hydrogen-bond donors (Lipinski definition) is 3. The Morgan fingerprint density at radius 2 is 1.72 bits per heavy atom. The summed E-state index contributed by atoms with van der Waals surface area (Å²) in [6, 6.07) is 7.89. The second-order valence-corrected chi connectivity index (χ2v) is 7.32. The van der Waals surface area contributed by atoms with Crippen LogP contribution in [0.3, 0.4) is 0 Å². The summed E-state index contributed by atoms with van der Waals surface area (Å²) in [7, 11) is 0. The van der Waals surface area contributed by atoms with Crippen molar-refractivity contribution in [2.75, 3.05) is 6.54 Å².